The van der Waals surface area contributed by atoms with Crippen molar-refractivity contribution in [2.75, 3.05) is 0 Å². The van der Waals surface area contributed by atoms with Gasteiger partial charge in [-0.15, -0.1) is 0 Å². The Balaban J connectivity index is 1.33. The van der Waals surface area contributed by atoms with Crippen LogP contribution in [-0.2, 0) is 6.54 Å². The van der Waals surface area contributed by atoms with Gasteiger partial charge in [0.2, 0.25) is 0 Å². The van der Waals surface area contributed by atoms with Crippen molar-refractivity contribution < 1.29 is 0 Å². The first-order valence-corrected chi connectivity index (χ1v) is 13.4. The van der Waals surface area contributed by atoms with Crippen LogP contribution in [0.15, 0.2) is 133 Å². The highest BCUT2D eigenvalue weighted by atomic mass is 15.0. The third-order valence-electron chi connectivity index (χ3n) is 7.41. The van der Waals surface area contributed by atoms with E-state index < -0.39 is 0 Å². The number of aromatic nitrogens is 3. The summed E-state index contributed by atoms with van der Waals surface area (Å²) in [6.45, 7) is 3.09. The fourth-order valence-corrected chi connectivity index (χ4v) is 5.48. The van der Waals surface area contributed by atoms with Gasteiger partial charge in [-0.3, -0.25) is 0 Å². The topological polar surface area (TPSA) is 30.7 Å². The molecule has 39 heavy (non-hydrogen) atoms. The Hall–Kier alpha value is -5.02. The molecule has 0 bridgehead atoms. The van der Waals surface area contributed by atoms with Crippen LogP contribution in [0, 0.1) is 0 Å². The number of aryl methyl sites for hydroxylation is 1. The van der Waals surface area contributed by atoms with Crippen molar-refractivity contribution in [3.63, 3.8) is 0 Å². The monoisotopic (exact) mass is 501 g/mol. The zero-order chi connectivity index (χ0) is 26.2. The van der Waals surface area contributed by atoms with Gasteiger partial charge >= 0.3 is 0 Å². The maximum absolute atomic E-state index is 5.00. The van der Waals surface area contributed by atoms with Crippen molar-refractivity contribution in [1.29, 1.82) is 0 Å². The number of benzene rings is 4. The Kier molecular flexibility index (Phi) is 5.75. The van der Waals surface area contributed by atoms with E-state index in [2.05, 4.69) is 133 Å². The Morgan fingerprint density at radius 2 is 0.846 bits per heavy atom. The highest BCUT2D eigenvalue weighted by Gasteiger charge is 2.14. The number of fused-ring (bicyclic) bond motifs is 3. The maximum Gasteiger partial charge on any atom is 0.0710 e. The minimum absolute atomic E-state index is 0.877. The lowest BCUT2D eigenvalue weighted by molar-refractivity contribution is 0.827. The van der Waals surface area contributed by atoms with Crippen LogP contribution in [0.4, 0.5) is 0 Å². The first kappa shape index (κ1) is 23.1. The molecule has 186 valence electrons. The van der Waals surface area contributed by atoms with Crippen molar-refractivity contribution >= 4 is 21.8 Å². The number of nitrogens with zero attached hydrogens (tertiary/aromatic N) is 3. The van der Waals surface area contributed by atoms with Crippen molar-refractivity contribution in [2.24, 2.45) is 0 Å². The standard InChI is InChI=1S/C36H27N3/c1-2-39-35-23-27(33-17-9-15-31(37-33)25-11-5-3-6-12-25)19-21-29(35)30-22-20-28(24-36(30)39)34-18-10-16-32(38-34)26-13-7-4-8-14-26/h3-24H,2H2,1H3. The second kappa shape index (κ2) is 9.70. The van der Waals surface area contributed by atoms with Gasteiger partial charge in [-0.25, -0.2) is 9.97 Å². The maximum atomic E-state index is 5.00. The van der Waals surface area contributed by atoms with Crippen LogP contribution in [-0.4, -0.2) is 14.5 Å². The Labute approximate surface area is 228 Å². The van der Waals surface area contributed by atoms with Crippen LogP contribution in [0.2, 0.25) is 0 Å². The van der Waals surface area contributed by atoms with Crippen LogP contribution < -0.4 is 0 Å². The summed E-state index contributed by atoms with van der Waals surface area (Å²) in [6, 6.07) is 46.6. The van der Waals surface area contributed by atoms with Gasteiger partial charge in [0, 0.05) is 50.6 Å². The molecular weight excluding hydrogens is 474 g/mol. The van der Waals surface area contributed by atoms with Crippen molar-refractivity contribution in [3.05, 3.63) is 133 Å². The van der Waals surface area contributed by atoms with E-state index in [9.17, 15) is 0 Å². The third-order valence-corrected chi connectivity index (χ3v) is 7.41. The van der Waals surface area contributed by atoms with E-state index in [-0.39, 0.29) is 0 Å². The minimum atomic E-state index is 0.877. The van der Waals surface area contributed by atoms with E-state index in [0.29, 0.717) is 0 Å². The van der Waals surface area contributed by atoms with Crippen LogP contribution in [0.3, 0.4) is 0 Å². The molecule has 3 aromatic heterocycles. The molecule has 0 aliphatic rings. The second-order valence-electron chi connectivity index (χ2n) is 9.76. The third kappa shape index (κ3) is 4.18. The number of hydrogen-bond acceptors (Lipinski definition) is 2. The summed E-state index contributed by atoms with van der Waals surface area (Å²) in [6.07, 6.45) is 0. The molecule has 0 radical (unpaired) electrons. The molecular formula is C36H27N3. The van der Waals surface area contributed by atoms with E-state index in [1.807, 2.05) is 12.1 Å². The molecule has 0 aliphatic carbocycles. The Morgan fingerprint density at radius 1 is 0.436 bits per heavy atom. The normalized spacial score (nSPS) is 11.3. The number of rotatable bonds is 5. The minimum Gasteiger partial charge on any atom is -0.341 e. The van der Waals surface area contributed by atoms with Gasteiger partial charge in [0.25, 0.3) is 0 Å². The molecule has 0 spiro atoms. The lowest BCUT2D eigenvalue weighted by atomic mass is 10.0. The summed E-state index contributed by atoms with van der Waals surface area (Å²) >= 11 is 0. The van der Waals surface area contributed by atoms with Crippen LogP contribution in [0.5, 0.6) is 0 Å². The molecule has 7 rings (SSSR count). The zero-order valence-electron chi connectivity index (χ0n) is 21.8. The molecule has 0 atom stereocenters. The van der Waals surface area contributed by atoms with E-state index in [1.165, 1.54) is 21.8 Å². The lowest BCUT2D eigenvalue weighted by Crippen LogP contribution is -1.94. The quantitative estimate of drug-likeness (QED) is 0.235. The summed E-state index contributed by atoms with van der Waals surface area (Å²) in [4.78, 5) is 10.00. The molecule has 3 heterocycles. The van der Waals surface area contributed by atoms with Gasteiger partial charge < -0.3 is 4.57 Å². The molecule has 0 aliphatic heterocycles. The molecule has 0 saturated heterocycles. The summed E-state index contributed by atoms with van der Waals surface area (Å²) in [5.41, 5.74) is 10.9. The highest BCUT2D eigenvalue weighted by molar-refractivity contribution is 6.10. The van der Waals surface area contributed by atoms with Crippen LogP contribution in [0.1, 0.15) is 6.92 Å². The Morgan fingerprint density at radius 3 is 1.26 bits per heavy atom. The highest BCUT2D eigenvalue weighted by Crippen LogP contribution is 2.35. The first-order valence-electron chi connectivity index (χ1n) is 13.4. The molecule has 3 nitrogen and oxygen atoms in total. The van der Waals surface area contributed by atoms with Crippen molar-refractivity contribution in [3.8, 4) is 45.0 Å². The van der Waals surface area contributed by atoms with Crippen molar-refractivity contribution in [2.45, 2.75) is 13.5 Å². The summed E-state index contributed by atoms with van der Waals surface area (Å²) in [7, 11) is 0. The SMILES string of the molecule is CCn1c2cc(-c3cccc(-c4ccccc4)n3)ccc2c2ccc(-c3cccc(-c4ccccc4)n3)cc21. The average Bonchev–Trinajstić information content (AvgIpc) is 3.34. The van der Waals surface area contributed by atoms with Gasteiger partial charge in [-0.05, 0) is 43.3 Å². The van der Waals surface area contributed by atoms with Gasteiger partial charge in [0.1, 0.15) is 0 Å². The van der Waals surface area contributed by atoms with Gasteiger partial charge in [-0.1, -0.05) is 97.1 Å². The smallest absolute Gasteiger partial charge is 0.0710 e. The first-order chi connectivity index (χ1) is 19.3. The van der Waals surface area contributed by atoms with Gasteiger partial charge in [-0.2, -0.15) is 0 Å². The van der Waals surface area contributed by atoms with Crippen LogP contribution >= 0.6 is 0 Å². The molecule has 0 fully saturated rings. The molecule has 4 aromatic carbocycles. The molecule has 0 saturated carbocycles. The summed E-state index contributed by atoms with van der Waals surface area (Å²) in [5.74, 6) is 0. The molecule has 0 unspecified atom stereocenters. The second-order valence-corrected chi connectivity index (χ2v) is 9.76. The number of pyridine rings is 2. The molecule has 7 aromatic rings. The van der Waals surface area contributed by atoms with Gasteiger partial charge in [0.05, 0.1) is 22.8 Å². The van der Waals surface area contributed by atoms with Gasteiger partial charge in [0.15, 0.2) is 0 Å². The largest absolute Gasteiger partial charge is 0.341 e. The summed E-state index contributed by atoms with van der Waals surface area (Å²) in [5, 5.41) is 2.51. The predicted molar refractivity (Wildman–Crippen MR) is 162 cm³/mol. The Bertz CT molecular complexity index is 1800. The zero-order valence-corrected chi connectivity index (χ0v) is 21.8. The average molecular weight is 502 g/mol. The van der Waals surface area contributed by atoms with Crippen molar-refractivity contribution in [1.82, 2.24) is 14.5 Å². The van der Waals surface area contributed by atoms with E-state index >= 15 is 0 Å². The molecule has 0 N–H and O–H groups in total. The predicted octanol–water partition coefficient (Wildman–Crippen LogP) is 9.27. The van der Waals surface area contributed by atoms with E-state index in [1.54, 1.807) is 0 Å². The number of hydrogen-bond donors (Lipinski definition) is 0. The van der Waals surface area contributed by atoms with Crippen LogP contribution in [0.25, 0.3) is 66.8 Å². The van der Waals surface area contributed by atoms with E-state index in [4.69, 9.17) is 9.97 Å². The molecule has 0 amide bonds. The van der Waals surface area contributed by atoms with E-state index in [0.717, 1.165) is 51.6 Å². The molecule has 3 heteroatoms. The fourth-order valence-electron chi connectivity index (χ4n) is 5.48. The fraction of sp³-hybridized carbons (Fsp3) is 0.0556. The lowest BCUT2D eigenvalue weighted by Gasteiger charge is -2.08. The summed E-state index contributed by atoms with van der Waals surface area (Å²) < 4.78 is 2.40.